The number of rotatable bonds is 5. The summed E-state index contributed by atoms with van der Waals surface area (Å²) in [5.41, 5.74) is 3.47. The maximum absolute atomic E-state index is 12.8. The summed E-state index contributed by atoms with van der Waals surface area (Å²) in [6, 6.07) is 15.0. The summed E-state index contributed by atoms with van der Waals surface area (Å²) in [6.45, 7) is 5.88. The number of aliphatic imine (C=N–C) groups is 2. The first kappa shape index (κ1) is 20.3. The molecule has 0 spiro atoms. The Kier molecular flexibility index (Phi) is 5.72. The first-order valence-electron chi connectivity index (χ1n) is 10.1. The average molecular weight is 421 g/mol. The largest absolute Gasteiger partial charge is 0.325 e. The number of amides is 2. The van der Waals surface area contributed by atoms with Gasteiger partial charge in [0, 0.05) is 11.3 Å². The molecule has 2 aromatic carbocycles. The summed E-state index contributed by atoms with van der Waals surface area (Å²) in [5, 5.41) is 3.21. The number of fused-ring (bicyclic) bond motifs is 3. The fourth-order valence-electron chi connectivity index (χ4n) is 3.61. The first-order valence-corrected chi connectivity index (χ1v) is 11.0. The van der Waals surface area contributed by atoms with Crippen LogP contribution in [0.1, 0.15) is 37.8 Å². The van der Waals surface area contributed by atoms with E-state index in [4.69, 9.17) is 4.99 Å². The number of aryl methyl sites for hydroxylation is 1. The lowest BCUT2D eigenvalue weighted by atomic mass is 10.1. The fourth-order valence-corrected chi connectivity index (χ4v) is 4.57. The van der Waals surface area contributed by atoms with Gasteiger partial charge in [-0.05, 0) is 50.1 Å². The molecule has 6 nitrogen and oxygen atoms in total. The molecule has 2 unspecified atom stereocenters. The summed E-state index contributed by atoms with van der Waals surface area (Å²) < 4.78 is 0. The molecule has 1 N–H and O–H groups in total. The summed E-state index contributed by atoms with van der Waals surface area (Å²) >= 11 is 1.35. The van der Waals surface area contributed by atoms with Gasteiger partial charge in [-0.1, -0.05) is 49.4 Å². The Morgan fingerprint density at radius 3 is 2.77 bits per heavy atom. The third-order valence-electron chi connectivity index (χ3n) is 5.11. The molecular formula is C23H24N4O2S. The topological polar surface area (TPSA) is 74.1 Å². The SMILES string of the molecule is CCCC1C(=O)N=C2c3ccccc3N=C(SC(C)C(=O)Nc3cccc(C)c3)N21. The molecule has 2 aromatic rings. The molecule has 2 heterocycles. The highest BCUT2D eigenvalue weighted by Gasteiger charge is 2.41. The van der Waals surface area contributed by atoms with Crippen molar-refractivity contribution in [3.05, 3.63) is 59.7 Å². The zero-order valence-corrected chi connectivity index (χ0v) is 18.1. The van der Waals surface area contributed by atoms with Crippen molar-refractivity contribution in [2.45, 2.75) is 44.9 Å². The highest BCUT2D eigenvalue weighted by Crippen LogP contribution is 2.36. The molecule has 2 aliphatic heterocycles. The molecule has 2 amide bonds. The second kappa shape index (κ2) is 8.44. The summed E-state index contributed by atoms with van der Waals surface area (Å²) in [4.78, 5) is 36.5. The van der Waals surface area contributed by atoms with Gasteiger partial charge >= 0.3 is 0 Å². The zero-order valence-electron chi connectivity index (χ0n) is 17.3. The van der Waals surface area contributed by atoms with E-state index in [1.807, 2.05) is 74.2 Å². The van der Waals surface area contributed by atoms with Gasteiger partial charge < -0.3 is 5.32 Å². The van der Waals surface area contributed by atoms with Crippen LogP contribution in [0.4, 0.5) is 11.4 Å². The van der Waals surface area contributed by atoms with Crippen molar-refractivity contribution >= 4 is 46.0 Å². The fraction of sp³-hybridized carbons (Fsp3) is 0.304. The van der Waals surface area contributed by atoms with Crippen molar-refractivity contribution in [3.63, 3.8) is 0 Å². The quantitative estimate of drug-likeness (QED) is 0.772. The van der Waals surface area contributed by atoms with Crippen LogP contribution in [0.5, 0.6) is 0 Å². The van der Waals surface area contributed by atoms with Gasteiger partial charge in [0.25, 0.3) is 5.91 Å². The monoisotopic (exact) mass is 420 g/mol. The summed E-state index contributed by atoms with van der Waals surface area (Å²) in [6.07, 6.45) is 1.55. The van der Waals surface area contributed by atoms with Gasteiger partial charge in [-0.2, -0.15) is 4.99 Å². The third kappa shape index (κ3) is 3.89. The number of benzene rings is 2. The molecule has 0 bridgehead atoms. The molecule has 2 atom stereocenters. The van der Waals surface area contributed by atoms with Crippen LogP contribution in [0.25, 0.3) is 0 Å². The van der Waals surface area contributed by atoms with Gasteiger partial charge in [-0.25, -0.2) is 4.99 Å². The van der Waals surface area contributed by atoms with Crippen LogP contribution < -0.4 is 5.32 Å². The normalized spacial score (nSPS) is 18.3. The molecule has 0 aliphatic carbocycles. The van der Waals surface area contributed by atoms with E-state index in [1.165, 1.54) is 11.8 Å². The summed E-state index contributed by atoms with van der Waals surface area (Å²) in [7, 11) is 0. The van der Waals surface area contributed by atoms with E-state index in [0.717, 1.165) is 28.9 Å². The van der Waals surface area contributed by atoms with Gasteiger partial charge in [-0.3, -0.25) is 14.5 Å². The minimum absolute atomic E-state index is 0.108. The second-order valence-corrected chi connectivity index (χ2v) is 8.79. The van der Waals surface area contributed by atoms with E-state index in [-0.39, 0.29) is 17.9 Å². The Morgan fingerprint density at radius 1 is 1.20 bits per heavy atom. The van der Waals surface area contributed by atoms with Gasteiger partial charge in [0.15, 0.2) is 5.17 Å². The number of thioether (sulfide) groups is 1. The predicted molar refractivity (Wildman–Crippen MR) is 122 cm³/mol. The van der Waals surface area contributed by atoms with Gasteiger partial charge in [0.05, 0.1) is 10.9 Å². The molecule has 2 aliphatic rings. The molecule has 154 valence electrons. The number of carbonyl (C=O) groups is 2. The molecule has 4 rings (SSSR count). The maximum atomic E-state index is 12.8. The number of amidine groups is 2. The first-order chi connectivity index (χ1) is 14.5. The molecule has 7 heteroatoms. The minimum Gasteiger partial charge on any atom is -0.325 e. The molecule has 0 radical (unpaired) electrons. The van der Waals surface area contributed by atoms with Crippen LogP contribution in [0.2, 0.25) is 0 Å². The van der Waals surface area contributed by atoms with E-state index in [2.05, 4.69) is 10.3 Å². The van der Waals surface area contributed by atoms with Crippen molar-refractivity contribution in [1.29, 1.82) is 0 Å². The molecule has 0 saturated carbocycles. The van der Waals surface area contributed by atoms with E-state index in [1.54, 1.807) is 0 Å². The van der Waals surface area contributed by atoms with Crippen LogP contribution in [0, 0.1) is 6.92 Å². The Bertz CT molecular complexity index is 1060. The van der Waals surface area contributed by atoms with E-state index < -0.39 is 5.25 Å². The minimum atomic E-state index is -0.395. The number of carbonyl (C=O) groups excluding carboxylic acids is 2. The number of para-hydroxylation sites is 1. The highest BCUT2D eigenvalue weighted by molar-refractivity contribution is 8.14. The van der Waals surface area contributed by atoms with E-state index in [0.29, 0.717) is 17.4 Å². The predicted octanol–water partition coefficient (Wildman–Crippen LogP) is 4.51. The number of anilines is 1. The Hall–Kier alpha value is -2.93. The summed E-state index contributed by atoms with van der Waals surface area (Å²) in [5.74, 6) is 0.384. The van der Waals surface area contributed by atoms with E-state index in [9.17, 15) is 9.59 Å². The zero-order chi connectivity index (χ0) is 21.3. The van der Waals surface area contributed by atoms with Crippen molar-refractivity contribution in [2.24, 2.45) is 9.98 Å². The Labute approximate surface area is 180 Å². The molecule has 30 heavy (non-hydrogen) atoms. The smallest absolute Gasteiger partial charge is 0.270 e. The molecular weight excluding hydrogens is 396 g/mol. The number of nitrogens with zero attached hydrogens (tertiary/aromatic N) is 3. The average Bonchev–Trinajstić information content (AvgIpc) is 3.05. The number of hydrogen-bond donors (Lipinski definition) is 1. The lowest BCUT2D eigenvalue weighted by molar-refractivity contribution is -0.119. The number of nitrogens with one attached hydrogen (secondary N) is 1. The third-order valence-corrected chi connectivity index (χ3v) is 6.17. The van der Waals surface area contributed by atoms with E-state index >= 15 is 0 Å². The highest BCUT2D eigenvalue weighted by atomic mass is 32.2. The number of hydrogen-bond acceptors (Lipinski definition) is 5. The second-order valence-electron chi connectivity index (χ2n) is 7.48. The lowest BCUT2D eigenvalue weighted by Crippen LogP contribution is -2.44. The van der Waals surface area contributed by atoms with Crippen LogP contribution in [-0.2, 0) is 9.59 Å². The Balaban J connectivity index is 1.60. The van der Waals surface area contributed by atoms with Crippen molar-refractivity contribution in [3.8, 4) is 0 Å². The van der Waals surface area contributed by atoms with Crippen molar-refractivity contribution < 1.29 is 9.59 Å². The molecule has 0 fully saturated rings. The maximum Gasteiger partial charge on any atom is 0.270 e. The van der Waals surface area contributed by atoms with Crippen LogP contribution in [0.15, 0.2) is 58.5 Å². The van der Waals surface area contributed by atoms with Gasteiger partial charge in [0.1, 0.15) is 11.9 Å². The van der Waals surface area contributed by atoms with Gasteiger partial charge in [-0.15, -0.1) is 0 Å². The lowest BCUT2D eigenvalue weighted by Gasteiger charge is -2.31. The van der Waals surface area contributed by atoms with Crippen LogP contribution in [-0.4, -0.2) is 39.0 Å². The van der Waals surface area contributed by atoms with Crippen LogP contribution >= 0.6 is 11.8 Å². The standard InChI is InChI=1S/C23H24N4O2S/c1-4-8-19-22(29)26-20-17-11-5-6-12-18(17)25-23(27(19)20)30-15(3)21(28)24-16-10-7-9-14(2)13-16/h5-7,9-13,15,19H,4,8H2,1-3H3,(H,24,28). The molecule has 0 saturated heterocycles. The molecule has 0 aromatic heterocycles. The van der Waals surface area contributed by atoms with Crippen molar-refractivity contribution in [2.75, 3.05) is 5.32 Å². The Morgan fingerprint density at radius 2 is 2.00 bits per heavy atom. The van der Waals surface area contributed by atoms with Crippen molar-refractivity contribution in [1.82, 2.24) is 4.90 Å². The van der Waals surface area contributed by atoms with Crippen LogP contribution in [0.3, 0.4) is 0 Å². The van der Waals surface area contributed by atoms with Gasteiger partial charge in [0.2, 0.25) is 5.91 Å².